The van der Waals surface area contributed by atoms with E-state index in [1.54, 1.807) is 6.20 Å². The zero-order valence-corrected chi connectivity index (χ0v) is 15.2. The summed E-state index contributed by atoms with van der Waals surface area (Å²) in [4.78, 5) is 19.1. The molecule has 3 N–H and O–H groups in total. The second kappa shape index (κ2) is 9.43. The van der Waals surface area contributed by atoms with E-state index in [1.807, 2.05) is 12.3 Å². The zero-order chi connectivity index (χ0) is 19.1. The maximum absolute atomic E-state index is 13.6. The standard InChI is InChI=1S/C20H25FN4O2/c21-16-3-4-19(27-11-7-22)18(12-16)20(26)24-17-5-9-25(10-6-17)14-15-2-1-8-23-13-15/h1-4,8,12-13,17H,5-7,9-11,14,22H2,(H,24,26). The fourth-order valence-electron chi connectivity index (χ4n) is 3.22. The number of carbonyl (C=O) groups excluding carboxylic acids is 1. The lowest BCUT2D eigenvalue weighted by Gasteiger charge is -2.32. The third-order valence-electron chi connectivity index (χ3n) is 4.61. The number of aromatic nitrogens is 1. The van der Waals surface area contributed by atoms with Gasteiger partial charge in [-0.05, 0) is 42.7 Å². The van der Waals surface area contributed by atoms with Gasteiger partial charge in [-0.25, -0.2) is 4.39 Å². The number of nitrogens with one attached hydrogen (secondary N) is 1. The maximum Gasteiger partial charge on any atom is 0.255 e. The molecule has 0 radical (unpaired) electrons. The van der Waals surface area contributed by atoms with Gasteiger partial charge in [0.15, 0.2) is 0 Å². The number of nitrogens with two attached hydrogens (primary N) is 1. The Kier molecular flexibility index (Phi) is 6.73. The van der Waals surface area contributed by atoms with Gasteiger partial charge in [-0.15, -0.1) is 0 Å². The molecule has 144 valence electrons. The van der Waals surface area contributed by atoms with E-state index in [4.69, 9.17) is 10.5 Å². The van der Waals surface area contributed by atoms with Gasteiger partial charge in [-0.3, -0.25) is 14.7 Å². The highest BCUT2D eigenvalue weighted by atomic mass is 19.1. The Morgan fingerprint density at radius 1 is 1.33 bits per heavy atom. The van der Waals surface area contributed by atoms with Crippen LogP contribution in [0, 0.1) is 5.82 Å². The van der Waals surface area contributed by atoms with Crippen molar-refractivity contribution in [3.63, 3.8) is 0 Å². The molecule has 0 spiro atoms. The van der Waals surface area contributed by atoms with Crippen LogP contribution in [0.3, 0.4) is 0 Å². The van der Waals surface area contributed by atoms with E-state index in [0.717, 1.165) is 32.5 Å². The molecule has 0 saturated carbocycles. The Morgan fingerprint density at radius 2 is 2.15 bits per heavy atom. The first kappa shape index (κ1) is 19.3. The van der Waals surface area contributed by atoms with Gasteiger partial charge in [0.2, 0.25) is 0 Å². The second-order valence-corrected chi connectivity index (χ2v) is 6.66. The lowest BCUT2D eigenvalue weighted by atomic mass is 10.0. The minimum atomic E-state index is -0.466. The molecular formula is C20H25FN4O2. The molecular weight excluding hydrogens is 347 g/mol. The summed E-state index contributed by atoms with van der Waals surface area (Å²) in [5.74, 6) is -0.424. The van der Waals surface area contributed by atoms with Gasteiger partial charge < -0.3 is 15.8 Å². The number of amides is 1. The topological polar surface area (TPSA) is 80.5 Å². The van der Waals surface area contributed by atoms with Gasteiger partial charge >= 0.3 is 0 Å². The van der Waals surface area contributed by atoms with Gasteiger partial charge in [0, 0.05) is 44.6 Å². The van der Waals surface area contributed by atoms with Crippen molar-refractivity contribution < 1.29 is 13.9 Å². The van der Waals surface area contributed by atoms with Gasteiger partial charge in [0.25, 0.3) is 5.91 Å². The van der Waals surface area contributed by atoms with Crippen molar-refractivity contribution in [1.82, 2.24) is 15.2 Å². The molecule has 1 aromatic heterocycles. The molecule has 1 aliphatic rings. The summed E-state index contributed by atoms with van der Waals surface area (Å²) in [5.41, 5.74) is 6.83. The predicted molar refractivity (Wildman–Crippen MR) is 101 cm³/mol. The first-order valence-electron chi connectivity index (χ1n) is 9.20. The van der Waals surface area contributed by atoms with Crippen LogP contribution in [0.5, 0.6) is 5.75 Å². The zero-order valence-electron chi connectivity index (χ0n) is 15.2. The summed E-state index contributed by atoms with van der Waals surface area (Å²) in [6.07, 6.45) is 5.34. The van der Waals surface area contributed by atoms with Gasteiger partial charge in [0.1, 0.15) is 18.2 Å². The van der Waals surface area contributed by atoms with E-state index in [9.17, 15) is 9.18 Å². The Hall–Kier alpha value is -2.51. The number of carbonyl (C=O) groups is 1. The van der Waals surface area contributed by atoms with Crippen molar-refractivity contribution in [2.24, 2.45) is 5.73 Å². The van der Waals surface area contributed by atoms with E-state index in [-0.39, 0.29) is 24.1 Å². The normalized spacial score (nSPS) is 15.5. The first-order valence-corrected chi connectivity index (χ1v) is 9.20. The molecule has 0 unspecified atom stereocenters. The van der Waals surface area contributed by atoms with Gasteiger partial charge in [0.05, 0.1) is 5.56 Å². The van der Waals surface area contributed by atoms with Crippen LogP contribution in [0.15, 0.2) is 42.7 Å². The second-order valence-electron chi connectivity index (χ2n) is 6.66. The van der Waals surface area contributed by atoms with Crippen LogP contribution in [0.2, 0.25) is 0 Å². The molecule has 0 aliphatic carbocycles. The highest BCUT2D eigenvalue weighted by Gasteiger charge is 2.23. The molecule has 1 aromatic carbocycles. The summed E-state index contributed by atoms with van der Waals surface area (Å²) < 4.78 is 19.1. The van der Waals surface area contributed by atoms with E-state index < -0.39 is 5.82 Å². The number of rotatable bonds is 7. The minimum absolute atomic E-state index is 0.0632. The van der Waals surface area contributed by atoms with Crippen LogP contribution in [-0.2, 0) is 6.54 Å². The number of ether oxygens (including phenoxy) is 1. The van der Waals surface area contributed by atoms with Crippen LogP contribution in [-0.4, -0.2) is 48.1 Å². The summed E-state index contributed by atoms with van der Waals surface area (Å²) in [6.45, 7) is 3.24. The number of halogens is 1. The lowest BCUT2D eigenvalue weighted by Crippen LogP contribution is -2.44. The monoisotopic (exact) mass is 372 g/mol. The van der Waals surface area contributed by atoms with Crippen LogP contribution in [0.1, 0.15) is 28.8 Å². The largest absolute Gasteiger partial charge is 0.491 e. The molecule has 0 bridgehead atoms. The number of nitrogens with zero attached hydrogens (tertiary/aromatic N) is 2. The fraction of sp³-hybridized carbons (Fsp3) is 0.400. The van der Waals surface area contributed by atoms with Crippen molar-refractivity contribution in [1.29, 1.82) is 0 Å². The third kappa shape index (κ3) is 5.48. The number of hydrogen-bond acceptors (Lipinski definition) is 5. The van der Waals surface area contributed by atoms with Crippen molar-refractivity contribution in [2.75, 3.05) is 26.2 Å². The van der Waals surface area contributed by atoms with Gasteiger partial charge in [-0.2, -0.15) is 0 Å². The molecule has 2 heterocycles. The number of likely N-dealkylation sites (tertiary alicyclic amines) is 1. The molecule has 1 amide bonds. The predicted octanol–water partition coefficient (Wildman–Crippen LogP) is 1.95. The van der Waals surface area contributed by atoms with E-state index in [0.29, 0.717) is 12.3 Å². The number of benzene rings is 1. The summed E-state index contributed by atoms with van der Waals surface area (Å²) in [7, 11) is 0. The van der Waals surface area contributed by atoms with Crippen LogP contribution in [0.4, 0.5) is 4.39 Å². The van der Waals surface area contributed by atoms with Crippen molar-refractivity contribution in [3.8, 4) is 5.75 Å². The Bertz CT molecular complexity index is 749. The Morgan fingerprint density at radius 3 is 2.85 bits per heavy atom. The highest BCUT2D eigenvalue weighted by molar-refractivity contribution is 5.97. The Labute approximate surface area is 158 Å². The van der Waals surface area contributed by atoms with Gasteiger partial charge in [-0.1, -0.05) is 6.07 Å². The lowest BCUT2D eigenvalue weighted by molar-refractivity contribution is 0.0904. The van der Waals surface area contributed by atoms with Crippen LogP contribution >= 0.6 is 0 Å². The highest BCUT2D eigenvalue weighted by Crippen LogP contribution is 2.21. The van der Waals surface area contributed by atoms with Crippen LogP contribution in [0.25, 0.3) is 0 Å². The van der Waals surface area contributed by atoms with E-state index in [1.165, 1.54) is 23.8 Å². The average Bonchev–Trinajstić information content (AvgIpc) is 2.69. The SMILES string of the molecule is NCCOc1ccc(F)cc1C(=O)NC1CCN(Cc2cccnc2)CC1. The molecule has 1 fully saturated rings. The molecule has 2 aromatic rings. The molecule has 3 rings (SSSR count). The molecule has 0 atom stereocenters. The van der Waals surface area contributed by atoms with E-state index >= 15 is 0 Å². The summed E-state index contributed by atoms with van der Waals surface area (Å²) in [6, 6.07) is 8.02. The molecule has 6 nitrogen and oxygen atoms in total. The molecule has 1 saturated heterocycles. The number of pyridine rings is 1. The molecule has 1 aliphatic heterocycles. The van der Waals surface area contributed by atoms with E-state index in [2.05, 4.69) is 21.3 Å². The Balaban J connectivity index is 1.54. The molecule has 7 heteroatoms. The van der Waals surface area contributed by atoms with Crippen molar-refractivity contribution >= 4 is 5.91 Å². The fourth-order valence-corrected chi connectivity index (χ4v) is 3.22. The van der Waals surface area contributed by atoms with Crippen molar-refractivity contribution in [2.45, 2.75) is 25.4 Å². The quantitative estimate of drug-likeness (QED) is 0.777. The molecule has 27 heavy (non-hydrogen) atoms. The summed E-state index contributed by atoms with van der Waals surface area (Å²) in [5, 5.41) is 3.01. The number of hydrogen-bond donors (Lipinski definition) is 2. The number of piperidine rings is 1. The summed E-state index contributed by atoms with van der Waals surface area (Å²) >= 11 is 0. The minimum Gasteiger partial charge on any atom is -0.491 e. The first-order chi connectivity index (χ1) is 13.2. The smallest absolute Gasteiger partial charge is 0.255 e. The third-order valence-corrected chi connectivity index (χ3v) is 4.61. The van der Waals surface area contributed by atoms with Crippen LogP contribution < -0.4 is 15.8 Å². The maximum atomic E-state index is 13.6. The van der Waals surface area contributed by atoms with Crippen molar-refractivity contribution in [3.05, 3.63) is 59.7 Å². The average molecular weight is 372 g/mol.